The van der Waals surface area contributed by atoms with E-state index < -0.39 is 0 Å². The van der Waals surface area contributed by atoms with Crippen LogP contribution in [0.4, 0.5) is 0 Å². The highest BCUT2D eigenvalue weighted by Gasteiger charge is 2.32. The van der Waals surface area contributed by atoms with Gasteiger partial charge in [0.15, 0.2) is 0 Å². The van der Waals surface area contributed by atoms with Crippen LogP contribution >= 0.6 is 0 Å². The molecule has 0 heterocycles. The molecule has 14 heavy (non-hydrogen) atoms. The van der Waals surface area contributed by atoms with Crippen molar-refractivity contribution in [2.24, 2.45) is 5.92 Å². The van der Waals surface area contributed by atoms with Gasteiger partial charge in [-0.05, 0) is 33.4 Å². The fourth-order valence-corrected chi connectivity index (χ4v) is 1.73. The Hall–Kier alpha value is -0.120. The van der Waals surface area contributed by atoms with Gasteiger partial charge in [-0.1, -0.05) is 12.8 Å². The van der Waals surface area contributed by atoms with E-state index in [0.717, 1.165) is 25.4 Å². The molecule has 2 N–H and O–H groups in total. The van der Waals surface area contributed by atoms with Crippen molar-refractivity contribution in [2.75, 3.05) is 33.8 Å². The largest absolute Gasteiger partial charge is 0.394 e. The van der Waals surface area contributed by atoms with Crippen LogP contribution in [0.15, 0.2) is 0 Å². The maximum atomic E-state index is 9.35. The molecule has 1 aliphatic carbocycles. The van der Waals surface area contributed by atoms with Crippen LogP contribution in [0.25, 0.3) is 0 Å². The van der Waals surface area contributed by atoms with E-state index in [2.05, 4.69) is 31.2 Å². The number of aliphatic hydroxyl groups excluding tert-OH is 1. The van der Waals surface area contributed by atoms with E-state index in [1.54, 1.807) is 0 Å². The van der Waals surface area contributed by atoms with Crippen molar-refractivity contribution >= 4 is 0 Å². The molecular formula is C11H24N2O. The fraction of sp³-hybridized carbons (Fsp3) is 1.00. The van der Waals surface area contributed by atoms with E-state index in [4.69, 9.17) is 0 Å². The summed E-state index contributed by atoms with van der Waals surface area (Å²) in [4.78, 5) is 2.15. The van der Waals surface area contributed by atoms with Crippen LogP contribution < -0.4 is 5.32 Å². The maximum absolute atomic E-state index is 9.35. The molecule has 1 aliphatic rings. The van der Waals surface area contributed by atoms with Gasteiger partial charge in [0.1, 0.15) is 0 Å². The lowest BCUT2D eigenvalue weighted by Gasteiger charge is -2.29. The van der Waals surface area contributed by atoms with Crippen molar-refractivity contribution in [1.29, 1.82) is 0 Å². The Balaban J connectivity index is 2.20. The third-order valence-electron chi connectivity index (χ3n) is 2.90. The van der Waals surface area contributed by atoms with Crippen LogP contribution in [0.2, 0.25) is 0 Å². The molecule has 0 aliphatic heterocycles. The quantitative estimate of drug-likeness (QED) is 0.634. The van der Waals surface area contributed by atoms with Gasteiger partial charge < -0.3 is 15.3 Å². The molecule has 3 nitrogen and oxygen atoms in total. The SMILES string of the molecule is CN(C)CCNC(C)(CO)CC1CC1. The molecule has 0 spiro atoms. The van der Waals surface area contributed by atoms with Gasteiger partial charge in [-0.15, -0.1) is 0 Å². The Morgan fingerprint density at radius 3 is 2.50 bits per heavy atom. The van der Waals surface area contributed by atoms with Gasteiger partial charge in [0, 0.05) is 18.6 Å². The maximum Gasteiger partial charge on any atom is 0.0610 e. The lowest BCUT2D eigenvalue weighted by atomic mass is 9.96. The van der Waals surface area contributed by atoms with E-state index in [0.29, 0.717) is 0 Å². The van der Waals surface area contributed by atoms with Crippen LogP contribution in [0, 0.1) is 5.92 Å². The van der Waals surface area contributed by atoms with Crippen LogP contribution in [-0.2, 0) is 0 Å². The van der Waals surface area contributed by atoms with Crippen LogP contribution in [0.5, 0.6) is 0 Å². The highest BCUT2D eigenvalue weighted by molar-refractivity contribution is 4.89. The summed E-state index contributed by atoms with van der Waals surface area (Å²) in [6, 6.07) is 0. The fourth-order valence-electron chi connectivity index (χ4n) is 1.73. The van der Waals surface area contributed by atoms with Crippen LogP contribution in [0.3, 0.4) is 0 Å². The summed E-state index contributed by atoms with van der Waals surface area (Å²) < 4.78 is 0. The number of rotatable bonds is 7. The van der Waals surface area contributed by atoms with Crippen molar-refractivity contribution in [3.05, 3.63) is 0 Å². The van der Waals surface area contributed by atoms with E-state index in [9.17, 15) is 5.11 Å². The van der Waals surface area contributed by atoms with E-state index in [1.807, 2.05) is 0 Å². The van der Waals surface area contributed by atoms with Gasteiger partial charge in [0.25, 0.3) is 0 Å². The summed E-state index contributed by atoms with van der Waals surface area (Å²) in [6.07, 6.45) is 3.83. The predicted molar refractivity (Wildman–Crippen MR) is 59.4 cm³/mol. The normalized spacial score (nSPS) is 21.2. The third-order valence-corrected chi connectivity index (χ3v) is 2.90. The van der Waals surface area contributed by atoms with Gasteiger partial charge in [-0.2, -0.15) is 0 Å². The smallest absolute Gasteiger partial charge is 0.0610 e. The molecule has 1 rings (SSSR count). The number of hydrogen-bond acceptors (Lipinski definition) is 3. The molecule has 1 atom stereocenters. The topological polar surface area (TPSA) is 35.5 Å². The zero-order chi connectivity index (χ0) is 10.6. The minimum atomic E-state index is -0.0584. The molecule has 0 amide bonds. The molecule has 0 aromatic heterocycles. The average molecular weight is 200 g/mol. The summed E-state index contributed by atoms with van der Waals surface area (Å²) in [5.74, 6) is 0.860. The van der Waals surface area contributed by atoms with E-state index in [-0.39, 0.29) is 12.1 Å². The molecule has 3 heteroatoms. The Labute approximate surface area is 87.5 Å². The second-order valence-corrected chi connectivity index (χ2v) is 5.10. The van der Waals surface area contributed by atoms with E-state index in [1.165, 1.54) is 12.8 Å². The Kier molecular flexibility index (Phi) is 4.35. The standard InChI is InChI=1S/C11H24N2O/c1-11(9-14,8-10-4-5-10)12-6-7-13(2)3/h10,12,14H,4-9H2,1-3H3. The molecule has 1 unspecified atom stereocenters. The van der Waals surface area contributed by atoms with Crippen molar-refractivity contribution in [1.82, 2.24) is 10.2 Å². The second kappa shape index (κ2) is 5.10. The third kappa shape index (κ3) is 4.40. The van der Waals surface area contributed by atoms with Gasteiger partial charge in [0.05, 0.1) is 6.61 Å². The molecule has 0 aromatic rings. The van der Waals surface area contributed by atoms with Gasteiger partial charge in [-0.25, -0.2) is 0 Å². The van der Waals surface area contributed by atoms with Crippen LogP contribution in [-0.4, -0.2) is 49.3 Å². The molecule has 0 aromatic carbocycles. The van der Waals surface area contributed by atoms with E-state index >= 15 is 0 Å². The minimum Gasteiger partial charge on any atom is -0.394 e. The zero-order valence-electron chi connectivity index (χ0n) is 9.71. The number of nitrogens with zero attached hydrogens (tertiary/aromatic N) is 1. The average Bonchev–Trinajstić information content (AvgIpc) is 2.87. The predicted octanol–water partition coefficient (Wildman–Crippen LogP) is 0.689. The Morgan fingerprint density at radius 1 is 1.43 bits per heavy atom. The molecule has 0 saturated heterocycles. The first-order valence-electron chi connectivity index (χ1n) is 5.56. The van der Waals surface area contributed by atoms with Gasteiger partial charge in [-0.3, -0.25) is 0 Å². The first-order valence-corrected chi connectivity index (χ1v) is 5.56. The summed E-state index contributed by atoms with van der Waals surface area (Å²) in [6.45, 7) is 4.36. The van der Waals surface area contributed by atoms with Gasteiger partial charge in [0.2, 0.25) is 0 Å². The summed E-state index contributed by atoms with van der Waals surface area (Å²) in [7, 11) is 4.14. The first-order chi connectivity index (χ1) is 6.56. The number of nitrogens with one attached hydrogen (secondary N) is 1. The Morgan fingerprint density at radius 2 is 2.07 bits per heavy atom. The number of hydrogen-bond donors (Lipinski definition) is 2. The lowest BCUT2D eigenvalue weighted by Crippen LogP contribution is -2.48. The summed E-state index contributed by atoms with van der Waals surface area (Å²) >= 11 is 0. The lowest BCUT2D eigenvalue weighted by molar-refractivity contribution is 0.157. The minimum absolute atomic E-state index is 0.0584. The molecule has 84 valence electrons. The zero-order valence-corrected chi connectivity index (χ0v) is 9.71. The number of aliphatic hydroxyl groups is 1. The Bertz CT molecular complexity index is 169. The second-order valence-electron chi connectivity index (χ2n) is 5.10. The highest BCUT2D eigenvalue weighted by Crippen LogP contribution is 2.36. The number of likely N-dealkylation sites (N-methyl/N-ethyl adjacent to an activating group) is 1. The monoisotopic (exact) mass is 200 g/mol. The summed E-state index contributed by atoms with van der Waals surface area (Å²) in [5, 5.41) is 12.8. The van der Waals surface area contributed by atoms with Crippen molar-refractivity contribution in [3.8, 4) is 0 Å². The van der Waals surface area contributed by atoms with Crippen molar-refractivity contribution < 1.29 is 5.11 Å². The summed E-state index contributed by atoms with van der Waals surface area (Å²) in [5.41, 5.74) is -0.0584. The van der Waals surface area contributed by atoms with Gasteiger partial charge >= 0.3 is 0 Å². The highest BCUT2D eigenvalue weighted by atomic mass is 16.3. The molecule has 1 saturated carbocycles. The van der Waals surface area contributed by atoms with Crippen molar-refractivity contribution in [2.45, 2.75) is 31.7 Å². The molecular weight excluding hydrogens is 176 g/mol. The van der Waals surface area contributed by atoms with Crippen LogP contribution in [0.1, 0.15) is 26.2 Å². The molecule has 0 bridgehead atoms. The molecule has 1 fully saturated rings. The first kappa shape index (κ1) is 12.0. The molecule has 0 radical (unpaired) electrons. The van der Waals surface area contributed by atoms with Crippen molar-refractivity contribution in [3.63, 3.8) is 0 Å².